The van der Waals surface area contributed by atoms with Crippen LogP contribution in [-0.2, 0) is 6.54 Å². The van der Waals surface area contributed by atoms with Crippen LogP contribution in [0.4, 0.5) is 0 Å². The van der Waals surface area contributed by atoms with E-state index in [9.17, 15) is 0 Å². The molecule has 1 atom stereocenters. The Balaban J connectivity index is 1.91. The molecule has 0 aromatic carbocycles. The molecule has 0 radical (unpaired) electrons. The predicted octanol–water partition coefficient (Wildman–Crippen LogP) is 4.61. The molecular formula is C11H11BrClNOS. The quantitative estimate of drug-likeness (QED) is 0.890. The van der Waals surface area contributed by atoms with Crippen molar-refractivity contribution in [3.05, 3.63) is 43.9 Å². The lowest BCUT2D eigenvalue weighted by Gasteiger charge is -2.10. The van der Waals surface area contributed by atoms with Crippen molar-refractivity contribution in [1.82, 2.24) is 5.32 Å². The Kier molecular flexibility index (Phi) is 4.08. The van der Waals surface area contributed by atoms with E-state index in [1.54, 1.807) is 11.3 Å². The molecule has 0 aliphatic heterocycles. The minimum Gasteiger partial charge on any atom is -0.453 e. The number of halogens is 2. The van der Waals surface area contributed by atoms with Crippen molar-refractivity contribution in [3.8, 4) is 0 Å². The van der Waals surface area contributed by atoms with Crippen molar-refractivity contribution >= 4 is 38.9 Å². The molecule has 2 rings (SSSR count). The number of hydrogen-bond acceptors (Lipinski definition) is 3. The van der Waals surface area contributed by atoms with E-state index in [1.807, 2.05) is 24.3 Å². The van der Waals surface area contributed by atoms with Crippen LogP contribution < -0.4 is 5.32 Å². The highest BCUT2D eigenvalue weighted by Crippen LogP contribution is 2.26. The van der Waals surface area contributed by atoms with Gasteiger partial charge >= 0.3 is 0 Å². The normalized spacial score (nSPS) is 12.9. The van der Waals surface area contributed by atoms with E-state index in [0.29, 0.717) is 6.54 Å². The first kappa shape index (κ1) is 12.2. The van der Waals surface area contributed by atoms with Gasteiger partial charge in [-0.05, 0) is 47.1 Å². The highest BCUT2D eigenvalue weighted by atomic mass is 79.9. The standard InChI is InChI=1S/C11H11BrClNOS/c1-7(9-3-5-11(13)16-9)14-6-8-2-4-10(12)15-8/h2-5,7,14H,6H2,1H3. The summed E-state index contributed by atoms with van der Waals surface area (Å²) in [5.41, 5.74) is 0. The fourth-order valence-electron chi connectivity index (χ4n) is 1.36. The van der Waals surface area contributed by atoms with Gasteiger partial charge in [0.15, 0.2) is 4.67 Å². The number of thiophene rings is 1. The van der Waals surface area contributed by atoms with Crippen molar-refractivity contribution in [2.24, 2.45) is 0 Å². The fourth-order valence-corrected chi connectivity index (χ4v) is 2.79. The number of rotatable bonds is 4. The van der Waals surface area contributed by atoms with Crippen molar-refractivity contribution in [1.29, 1.82) is 0 Å². The Morgan fingerprint density at radius 3 is 2.81 bits per heavy atom. The van der Waals surface area contributed by atoms with E-state index in [0.717, 1.165) is 14.8 Å². The zero-order valence-electron chi connectivity index (χ0n) is 8.67. The highest BCUT2D eigenvalue weighted by Gasteiger charge is 2.08. The molecule has 0 aliphatic carbocycles. The number of nitrogens with one attached hydrogen (secondary N) is 1. The summed E-state index contributed by atoms with van der Waals surface area (Å²) in [6.07, 6.45) is 0. The van der Waals surface area contributed by atoms with Gasteiger partial charge in [0.25, 0.3) is 0 Å². The van der Waals surface area contributed by atoms with Gasteiger partial charge in [0.2, 0.25) is 0 Å². The summed E-state index contributed by atoms with van der Waals surface area (Å²) in [5.74, 6) is 0.918. The Hall–Kier alpha value is -0.290. The zero-order valence-corrected chi connectivity index (χ0v) is 11.8. The Bertz CT molecular complexity index is 468. The molecule has 0 bridgehead atoms. The minimum absolute atomic E-state index is 0.279. The monoisotopic (exact) mass is 319 g/mol. The maximum Gasteiger partial charge on any atom is 0.169 e. The first-order chi connectivity index (χ1) is 7.65. The third kappa shape index (κ3) is 3.10. The zero-order chi connectivity index (χ0) is 11.5. The Labute approximate surface area is 112 Å². The molecule has 16 heavy (non-hydrogen) atoms. The molecule has 5 heteroatoms. The van der Waals surface area contributed by atoms with Crippen LogP contribution in [0.15, 0.2) is 33.4 Å². The average Bonchev–Trinajstić information content (AvgIpc) is 2.84. The molecule has 1 unspecified atom stereocenters. The second kappa shape index (κ2) is 5.36. The van der Waals surface area contributed by atoms with Crippen LogP contribution in [0.2, 0.25) is 4.34 Å². The van der Waals surface area contributed by atoms with Crippen LogP contribution >= 0.6 is 38.9 Å². The molecule has 0 saturated heterocycles. The summed E-state index contributed by atoms with van der Waals surface area (Å²) in [6.45, 7) is 2.82. The first-order valence-corrected chi connectivity index (χ1v) is 6.87. The summed E-state index contributed by atoms with van der Waals surface area (Å²) in [6, 6.07) is 8.09. The summed E-state index contributed by atoms with van der Waals surface area (Å²) in [4.78, 5) is 1.23. The van der Waals surface area contributed by atoms with Gasteiger partial charge in [-0.25, -0.2) is 0 Å². The summed E-state index contributed by atoms with van der Waals surface area (Å²) >= 11 is 10.8. The number of hydrogen-bond donors (Lipinski definition) is 1. The van der Waals surface area contributed by atoms with Gasteiger partial charge < -0.3 is 9.73 Å². The number of furan rings is 1. The van der Waals surface area contributed by atoms with E-state index in [-0.39, 0.29) is 6.04 Å². The molecule has 2 aromatic rings. The van der Waals surface area contributed by atoms with Gasteiger partial charge in [-0.15, -0.1) is 11.3 Å². The topological polar surface area (TPSA) is 25.2 Å². The van der Waals surface area contributed by atoms with Gasteiger partial charge in [-0.3, -0.25) is 0 Å². The molecule has 0 saturated carbocycles. The smallest absolute Gasteiger partial charge is 0.169 e. The van der Waals surface area contributed by atoms with Crippen molar-refractivity contribution < 1.29 is 4.42 Å². The molecule has 0 aliphatic rings. The van der Waals surface area contributed by atoms with Crippen molar-refractivity contribution in [2.45, 2.75) is 19.5 Å². The Morgan fingerprint density at radius 1 is 1.44 bits per heavy atom. The Morgan fingerprint density at radius 2 is 2.25 bits per heavy atom. The second-order valence-electron chi connectivity index (χ2n) is 3.45. The lowest BCUT2D eigenvalue weighted by Crippen LogP contribution is -2.16. The molecule has 0 spiro atoms. The fraction of sp³-hybridized carbons (Fsp3) is 0.273. The highest BCUT2D eigenvalue weighted by molar-refractivity contribution is 9.10. The molecule has 0 fully saturated rings. The van der Waals surface area contributed by atoms with E-state index in [4.69, 9.17) is 16.0 Å². The van der Waals surface area contributed by atoms with Gasteiger partial charge in [0.05, 0.1) is 10.9 Å². The van der Waals surface area contributed by atoms with Crippen LogP contribution in [0.5, 0.6) is 0 Å². The lowest BCUT2D eigenvalue weighted by molar-refractivity contribution is 0.448. The van der Waals surface area contributed by atoms with Crippen molar-refractivity contribution in [3.63, 3.8) is 0 Å². The lowest BCUT2D eigenvalue weighted by atomic mass is 10.2. The third-order valence-electron chi connectivity index (χ3n) is 2.23. The van der Waals surface area contributed by atoms with Crippen LogP contribution in [0.3, 0.4) is 0 Å². The molecule has 2 heterocycles. The SMILES string of the molecule is CC(NCc1ccc(Br)o1)c1ccc(Cl)s1. The molecule has 1 N–H and O–H groups in total. The second-order valence-corrected chi connectivity index (χ2v) is 5.98. The van der Waals surface area contributed by atoms with Crippen LogP contribution in [-0.4, -0.2) is 0 Å². The molecule has 2 nitrogen and oxygen atoms in total. The van der Waals surface area contributed by atoms with Crippen LogP contribution in [0, 0.1) is 0 Å². The molecule has 2 aromatic heterocycles. The predicted molar refractivity (Wildman–Crippen MR) is 71.0 cm³/mol. The maximum absolute atomic E-state index is 5.89. The molecule has 0 amide bonds. The van der Waals surface area contributed by atoms with E-state index >= 15 is 0 Å². The first-order valence-electron chi connectivity index (χ1n) is 4.88. The third-order valence-corrected chi connectivity index (χ3v) is 4.07. The molecule has 86 valence electrons. The summed E-state index contributed by atoms with van der Waals surface area (Å²) in [7, 11) is 0. The van der Waals surface area contributed by atoms with Crippen molar-refractivity contribution in [2.75, 3.05) is 0 Å². The van der Waals surface area contributed by atoms with E-state index in [2.05, 4.69) is 28.2 Å². The van der Waals surface area contributed by atoms with Crippen LogP contribution in [0.25, 0.3) is 0 Å². The van der Waals surface area contributed by atoms with Gasteiger partial charge in [-0.2, -0.15) is 0 Å². The largest absolute Gasteiger partial charge is 0.453 e. The van der Waals surface area contributed by atoms with E-state index in [1.165, 1.54) is 4.88 Å². The van der Waals surface area contributed by atoms with Crippen LogP contribution in [0.1, 0.15) is 23.6 Å². The van der Waals surface area contributed by atoms with Gasteiger partial charge in [0, 0.05) is 10.9 Å². The average molecular weight is 321 g/mol. The van der Waals surface area contributed by atoms with E-state index < -0.39 is 0 Å². The maximum atomic E-state index is 5.89. The minimum atomic E-state index is 0.279. The summed E-state index contributed by atoms with van der Waals surface area (Å²) in [5, 5.41) is 3.38. The van der Waals surface area contributed by atoms with Gasteiger partial charge in [0.1, 0.15) is 5.76 Å². The van der Waals surface area contributed by atoms with Gasteiger partial charge in [-0.1, -0.05) is 11.6 Å². The molecular weight excluding hydrogens is 310 g/mol. The summed E-state index contributed by atoms with van der Waals surface area (Å²) < 4.78 is 6.99.